The Labute approximate surface area is 156 Å². The molecule has 0 aliphatic heterocycles. The van der Waals surface area contributed by atoms with Gasteiger partial charge >= 0.3 is 11.9 Å². The standard InChI is InChI=1S/C11H13ClO3.C8H7FO2/c1-8-4-5-9(12)7-10(8)15-6-2-3-11(13)14;1-6(10)11-8-4-2-7(9)3-5-8/h4-5,7H,2-3,6H2,1H3,(H,13,14);2-5H,1H3. The van der Waals surface area contributed by atoms with Crippen molar-refractivity contribution >= 4 is 23.5 Å². The van der Waals surface area contributed by atoms with Crippen LogP contribution in [0, 0.1) is 12.7 Å². The zero-order valence-electron chi connectivity index (χ0n) is 14.5. The Balaban J connectivity index is 0.000000273. The van der Waals surface area contributed by atoms with Crippen LogP contribution in [0.25, 0.3) is 0 Å². The van der Waals surface area contributed by atoms with Crippen LogP contribution in [-0.4, -0.2) is 23.7 Å². The number of benzene rings is 2. The van der Waals surface area contributed by atoms with Crippen molar-refractivity contribution in [2.45, 2.75) is 26.7 Å². The first-order valence-electron chi connectivity index (χ1n) is 7.82. The zero-order chi connectivity index (χ0) is 19.5. The van der Waals surface area contributed by atoms with Gasteiger partial charge < -0.3 is 14.6 Å². The molecule has 7 heteroatoms. The Morgan fingerprint density at radius 1 is 1.15 bits per heavy atom. The minimum absolute atomic E-state index is 0.125. The molecular formula is C19H20ClFO5. The molecule has 2 aromatic rings. The molecule has 0 saturated heterocycles. The van der Waals surface area contributed by atoms with E-state index in [4.69, 9.17) is 21.4 Å². The Hall–Kier alpha value is -2.60. The Kier molecular flexibility index (Phi) is 9.15. The number of esters is 1. The number of carboxylic acid groups (broad SMARTS) is 1. The Bertz CT molecular complexity index is 731. The van der Waals surface area contributed by atoms with Gasteiger partial charge in [0.1, 0.15) is 17.3 Å². The maximum absolute atomic E-state index is 12.3. The SMILES string of the molecule is CC(=O)Oc1ccc(F)cc1.Cc1ccc(Cl)cc1OCCCC(=O)O. The van der Waals surface area contributed by atoms with Gasteiger partial charge in [-0.05, 0) is 55.3 Å². The van der Waals surface area contributed by atoms with Crippen molar-refractivity contribution in [1.29, 1.82) is 0 Å². The number of hydrogen-bond donors (Lipinski definition) is 1. The van der Waals surface area contributed by atoms with E-state index in [-0.39, 0.29) is 12.2 Å². The predicted molar refractivity (Wildman–Crippen MR) is 96.3 cm³/mol. The molecule has 5 nitrogen and oxygen atoms in total. The van der Waals surface area contributed by atoms with Gasteiger partial charge in [-0.3, -0.25) is 9.59 Å². The summed E-state index contributed by atoms with van der Waals surface area (Å²) >= 11 is 5.81. The summed E-state index contributed by atoms with van der Waals surface area (Å²) in [5, 5.41) is 9.05. The van der Waals surface area contributed by atoms with E-state index in [1.165, 1.54) is 31.2 Å². The first-order chi connectivity index (χ1) is 12.3. The number of carbonyl (C=O) groups excluding carboxylic acids is 1. The van der Waals surface area contributed by atoms with E-state index in [2.05, 4.69) is 4.74 Å². The first kappa shape index (κ1) is 21.4. The third kappa shape index (κ3) is 9.03. The fourth-order valence-corrected chi connectivity index (χ4v) is 1.97. The molecule has 2 aromatic carbocycles. The van der Waals surface area contributed by atoms with Crippen LogP contribution in [-0.2, 0) is 9.59 Å². The predicted octanol–water partition coefficient (Wildman–Crippen LogP) is 4.64. The molecule has 1 N–H and O–H groups in total. The molecule has 0 bridgehead atoms. The number of halogens is 2. The highest BCUT2D eigenvalue weighted by Crippen LogP contribution is 2.22. The third-order valence-electron chi connectivity index (χ3n) is 3.02. The topological polar surface area (TPSA) is 72.8 Å². The van der Waals surface area contributed by atoms with Crippen molar-refractivity contribution in [3.8, 4) is 11.5 Å². The molecule has 0 aliphatic carbocycles. The Morgan fingerprint density at radius 2 is 1.81 bits per heavy atom. The molecule has 0 atom stereocenters. The Morgan fingerprint density at radius 3 is 2.38 bits per heavy atom. The van der Waals surface area contributed by atoms with E-state index in [9.17, 15) is 14.0 Å². The summed E-state index contributed by atoms with van der Waals surface area (Å²) in [6.45, 7) is 3.61. The van der Waals surface area contributed by atoms with Gasteiger partial charge in [-0.25, -0.2) is 4.39 Å². The lowest BCUT2D eigenvalue weighted by Crippen LogP contribution is -2.02. The molecule has 2 rings (SSSR count). The van der Waals surface area contributed by atoms with Gasteiger partial charge in [0, 0.05) is 18.4 Å². The van der Waals surface area contributed by atoms with Crippen LogP contribution in [0.3, 0.4) is 0 Å². The number of hydrogen-bond acceptors (Lipinski definition) is 4. The summed E-state index contributed by atoms with van der Waals surface area (Å²) in [6, 6.07) is 10.7. The van der Waals surface area contributed by atoms with E-state index < -0.39 is 11.9 Å². The maximum Gasteiger partial charge on any atom is 0.308 e. The molecule has 140 valence electrons. The van der Waals surface area contributed by atoms with Gasteiger partial charge in [-0.1, -0.05) is 17.7 Å². The van der Waals surface area contributed by atoms with E-state index in [1.54, 1.807) is 12.1 Å². The lowest BCUT2D eigenvalue weighted by Gasteiger charge is -2.08. The van der Waals surface area contributed by atoms with Gasteiger partial charge in [0.25, 0.3) is 0 Å². The van der Waals surface area contributed by atoms with Crippen molar-refractivity contribution in [2.24, 2.45) is 0 Å². The summed E-state index contributed by atoms with van der Waals surface area (Å²) in [4.78, 5) is 20.6. The van der Waals surface area contributed by atoms with Gasteiger partial charge in [-0.2, -0.15) is 0 Å². The molecular weight excluding hydrogens is 363 g/mol. The number of carbonyl (C=O) groups is 2. The highest BCUT2D eigenvalue weighted by molar-refractivity contribution is 6.30. The second-order valence-corrected chi connectivity index (χ2v) is 5.74. The summed E-state index contributed by atoms with van der Waals surface area (Å²) < 4.78 is 22.4. The lowest BCUT2D eigenvalue weighted by atomic mass is 10.2. The molecule has 0 aromatic heterocycles. The molecule has 0 heterocycles. The van der Waals surface area contributed by atoms with Crippen LogP contribution in [0.4, 0.5) is 4.39 Å². The van der Waals surface area contributed by atoms with Gasteiger partial charge in [0.15, 0.2) is 0 Å². The van der Waals surface area contributed by atoms with E-state index in [0.717, 1.165) is 5.56 Å². The second kappa shape index (κ2) is 11.1. The molecule has 26 heavy (non-hydrogen) atoms. The number of aliphatic carboxylic acids is 1. The number of carboxylic acids is 1. The largest absolute Gasteiger partial charge is 0.493 e. The number of rotatable bonds is 6. The highest BCUT2D eigenvalue weighted by Gasteiger charge is 2.01. The van der Waals surface area contributed by atoms with Gasteiger partial charge in [0.2, 0.25) is 0 Å². The summed E-state index contributed by atoms with van der Waals surface area (Å²) in [7, 11) is 0. The number of aryl methyl sites for hydroxylation is 1. The van der Waals surface area contributed by atoms with Gasteiger partial charge in [0.05, 0.1) is 6.61 Å². The maximum atomic E-state index is 12.3. The third-order valence-corrected chi connectivity index (χ3v) is 3.25. The second-order valence-electron chi connectivity index (χ2n) is 5.30. The van der Waals surface area contributed by atoms with Crippen molar-refractivity contribution in [3.05, 3.63) is 58.9 Å². The summed E-state index contributed by atoms with van der Waals surface area (Å²) in [5.74, 6) is -0.481. The highest BCUT2D eigenvalue weighted by atomic mass is 35.5. The average molecular weight is 383 g/mol. The molecule has 0 saturated carbocycles. The van der Waals surface area contributed by atoms with Crippen molar-refractivity contribution in [1.82, 2.24) is 0 Å². The molecule has 0 amide bonds. The van der Waals surface area contributed by atoms with E-state index >= 15 is 0 Å². The van der Waals surface area contributed by atoms with Crippen molar-refractivity contribution < 1.29 is 28.6 Å². The van der Waals surface area contributed by atoms with E-state index in [1.807, 2.05) is 13.0 Å². The summed E-state index contributed by atoms with van der Waals surface area (Å²) in [5.41, 5.74) is 0.995. The zero-order valence-corrected chi connectivity index (χ0v) is 15.3. The molecule has 0 radical (unpaired) electrons. The van der Waals surface area contributed by atoms with Crippen LogP contribution in [0.2, 0.25) is 5.02 Å². The van der Waals surface area contributed by atoms with Crippen LogP contribution < -0.4 is 9.47 Å². The molecule has 0 spiro atoms. The van der Waals surface area contributed by atoms with E-state index in [0.29, 0.717) is 29.5 Å². The fraction of sp³-hybridized carbons (Fsp3) is 0.263. The monoisotopic (exact) mass is 382 g/mol. The number of ether oxygens (including phenoxy) is 2. The van der Waals surface area contributed by atoms with Crippen LogP contribution in [0.1, 0.15) is 25.3 Å². The average Bonchev–Trinajstić information content (AvgIpc) is 2.57. The molecule has 0 fully saturated rings. The molecule has 0 aliphatic rings. The van der Waals surface area contributed by atoms with Crippen LogP contribution >= 0.6 is 11.6 Å². The van der Waals surface area contributed by atoms with Crippen LogP contribution in [0.15, 0.2) is 42.5 Å². The van der Waals surface area contributed by atoms with Crippen molar-refractivity contribution in [3.63, 3.8) is 0 Å². The molecule has 0 unspecified atom stereocenters. The normalized spacial score (nSPS) is 9.69. The smallest absolute Gasteiger partial charge is 0.308 e. The van der Waals surface area contributed by atoms with Crippen LogP contribution in [0.5, 0.6) is 11.5 Å². The quantitative estimate of drug-likeness (QED) is 0.447. The summed E-state index contributed by atoms with van der Waals surface area (Å²) in [6.07, 6.45) is 0.626. The minimum atomic E-state index is -0.804. The minimum Gasteiger partial charge on any atom is -0.493 e. The van der Waals surface area contributed by atoms with Crippen molar-refractivity contribution in [2.75, 3.05) is 6.61 Å². The first-order valence-corrected chi connectivity index (χ1v) is 8.20. The van der Waals surface area contributed by atoms with Gasteiger partial charge in [-0.15, -0.1) is 0 Å². The fourth-order valence-electron chi connectivity index (χ4n) is 1.80. The lowest BCUT2D eigenvalue weighted by molar-refractivity contribution is -0.137.